The van der Waals surface area contributed by atoms with Crippen LogP contribution in [0.4, 0.5) is 10.5 Å². The van der Waals surface area contributed by atoms with E-state index in [4.69, 9.17) is 0 Å². The fourth-order valence-corrected chi connectivity index (χ4v) is 3.16. The van der Waals surface area contributed by atoms with Gasteiger partial charge in [0.25, 0.3) is 0 Å². The predicted molar refractivity (Wildman–Crippen MR) is 92.6 cm³/mol. The van der Waals surface area contributed by atoms with Crippen molar-refractivity contribution in [2.45, 2.75) is 39.5 Å². The number of likely N-dealkylation sites (N-methyl/N-ethyl adjacent to an activating group) is 1. The third-order valence-corrected chi connectivity index (χ3v) is 4.51. The summed E-state index contributed by atoms with van der Waals surface area (Å²) in [5, 5.41) is 10.9. The minimum atomic E-state index is -0.0711. The molecule has 0 radical (unpaired) electrons. The fraction of sp³-hybridized carbons (Fsp3) is 0.471. The number of nitrogens with zero attached hydrogens (tertiary/aromatic N) is 5. The van der Waals surface area contributed by atoms with Gasteiger partial charge >= 0.3 is 6.03 Å². The lowest BCUT2D eigenvalue weighted by atomic mass is 10.1. The predicted octanol–water partition coefficient (Wildman–Crippen LogP) is 1.85. The van der Waals surface area contributed by atoms with Crippen LogP contribution >= 0.6 is 0 Å². The molecule has 1 aromatic carbocycles. The lowest BCUT2D eigenvalue weighted by Gasteiger charge is -2.28. The molecule has 1 aliphatic rings. The largest absolute Gasteiger partial charge is 0.372 e. The SMILES string of the molecule is CCn1cnnc1CNC(=O)N1Cc2ccccc2N(C)C[C@@H]1C. The van der Waals surface area contributed by atoms with Crippen molar-refractivity contribution >= 4 is 11.7 Å². The Morgan fingerprint density at radius 2 is 2.17 bits per heavy atom. The van der Waals surface area contributed by atoms with Crippen molar-refractivity contribution in [3.05, 3.63) is 42.0 Å². The molecule has 0 saturated carbocycles. The molecule has 2 heterocycles. The van der Waals surface area contributed by atoms with Gasteiger partial charge < -0.3 is 19.7 Å². The normalized spacial score (nSPS) is 17.4. The first-order chi connectivity index (χ1) is 11.6. The summed E-state index contributed by atoms with van der Waals surface area (Å²) in [5.74, 6) is 0.769. The summed E-state index contributed by atoms with van der Waals surface area (Å²) in [6, 6.07) is 8.28. The van der Waals surface area contributed by atoms with E-state index in [0.29, 0.717) is 13.1 Å². The molecule has 0 unspecified atom stereocenters. The maximum absolute atomic E-state index is 12.7. The van der Waals surface area contributed by atoms with Crippen molar-refractivity contribution in [2.24, 2.45) is 0 Å². The van der Waals surface area contributed by atoms with Crippen LogP contribution < -0.4 is 10.2 Å². The molecule has 0 aliphatic carbocycles. The number of carbonyl (C=O) groups is 1. The van der Waals surface area contributed by atoms with Gasteiger partial charge in [-0.3, -0.25) is 0 Å². The maximum Gasteiger partial charge on any atom is 0.318 e. The first-order valence-corrected chi connectivity index (χ1v) is 8.30. The topological polar surface area (TPSA) is 66.3 Å². The Balaban J connectivity index is 1.72. The summed E-state index contributed by atoms with van der Waals surface area (Å²) in [6.45, 7) is 6.68. The summed E-state index contributed by atoms with van der Waals surface area (Å²) in [5.41, 5.74) is 2.35. The molecule has 0 spiro atoms. The molecule has 2 amide bonds. The van der Waals surface area contributed by atoms with Gasteiger partial charge in [0, 0.05) is 38.4 Å². The molecule has 1 aliphatic heterocycles. The second-order valence-corrected chi connectivity index (χ2v) is 6.18. The van der Waals surface area contributed by atoms with Gasteiger partial charge in [0.2, 0.25) is 0 Å². The highest BCUT2D eigenvalue weighted by atomic mass is 16.2. The Kier molecular flexibility index (Phi) is 4.69. The number of benzene rings is 1. The average molecular weight is 328 g/mol. The highest BCUT2D eigenvalue weighted by Crippen LogP contribution is 2.25. The van der Waals surface area contributed by atoms with Crippen molar-refractivity contribution in [2.75, 3.05) is 18.5 Å². The van der Waals surface area contributed by atoms with E-state index in [1.165, 1.54) is 5.69 Å². The van der Waals surface area contributed by atoms with E-state index in [-0.39, 0.29) is 12.1 Å². The number of fused-ring (bicyclic) bond motifs is 1. The Morgan fingerprint density at radius 3 is 2.96 bits per heavy atom. The molecule has 1 aromatic heterocycles. The summed E-state index contributed by atoms with van der Waals surface area (Å²) in [7, 11) is 2.07. The third-order valence-electron chi connectivity index (χ3n) is 4.51. The molecule has 7 nitrogen and oxygen atoms in total. The summed E-state index contributed by atoms with van der Waals surface area (Å²) in [6.07, 6.45) is 1.68. The minimum Gasteiger partial charge on any atom is -0.372 e. The van der Waals surface area contributed by atoms with Crippen molar-refractivity contribution in [3.63, 3.8) is 0 Å². The highest BCUT2D eigenvalue weighted by molar-refractivity contribution is 5.75. The number of hydrogen-bond donors (Lipinski definition) is 1. The number of amides is 2. The smallest absolute Gasteiger partial charge is 0.318 e. The molecule has 0 fully saturated rings. The van der Waals surface area contributed by atoms with Crippen molar-refractivity contribution in [3.8, 4) is 0 Å². The number of hydrogen-bond acceptors (Lipinski definition) is 4. The van der Waals surface area contributed by atoms with Crippen LogP contribution in [0.3, 0.4) is 0 Å². The minimum absolute atomic E-state index is 0.0711. The lowest BCUT2D eigenvalue weighted by molar-refractivity contribution is 0.177. The molecule has 1 N–H and O–H groups in total. The van der Waals surface area contributed by atoms with E-state index in [0.717, 1.165) is 24.5 Å². The van der Waals surface area contributed by atoms with E-state index in [2.05, 4.69) is 46.5 Å². The van der Waals surface area contributed by atoms with Crippen LogP contribution in [0.25, 0.3) is 0 Å². The number of anilines is 1. The number of aromatic nitrogens is 3. The number of para-hydroxylation sites is 1. The van der Waals surface area contributed by atoms with E-state index in [1.54, 1.807) is 6.33 Å². The van der Waals surface area contributed by atoms with E-state index >= 15 is 0 Å². The first kappa shape index (κ1) is 16.3. The molecule has 24 heavy (non-hydrogen) atoms. The van der Waals surface area contributed by atoms with Crippen molar-refractivity contribution in [1.82, 2.24) is 25.0 Å². The quantitative estimate of drug-likeness (QED) is 0.934. The van der Waals surface area contributed by atoms with Gasteiger partial charge in [0.15, 0.2) is 5.82 Å². The van der Waals surface area contributed by atoms with Gasteiger partial charge in [-0.1, -0.05) is 18.2 Å². The number of carbonyl (C=O) groups excluding carboxylic acids is 1. The zero-order valence-corrected chi connectivity index (χ0v) is 14.4. The highest BCUT2D eigenvalue weighted by Gasteiger charge is 2.26. The van der Waals surface area contributed by atoms with Crippen LogP contribution in [0.2, 0.25) is 0 Å². The van der Waals surface area contributed by atoms with E-state index in [1.807, 2.05) is 28.5 Å². The Morgan fingerprint density at radius 1 is 1.38 bits per heavy atom. The number of aryl methyl sites for hydroxylation is 1. The van der Waals surface area contributed by atoms with E-state index in [9.17, 15) is 4.79 Å². The second kappa shape index (κ2) is 6.90. The average Bonchev–Trinajstić information content (AvgIpc) is 3.00. The van der Waals surface area contributed by atoms with Crippen LogP contribution in [0.5, 0.6) is 0 Å². The summed E-state index contributed by atoms with van der Waals surface area (Å²) < 4.78 is 1.93. The van der Waals surface area contributed by atoms with Gasteiger partial charge in [-0.2, -0.15) is 0 Å². The molecular formula is C17H24N6O. The standard InChI is InChI=1S/C17H24N6O/c1-4-22-12-19-20-16(22)9-18-17(24)23-11-14-7-5-6-8-15(14)21(3)10-13(23)2/h5-8,12-13H,4,9-11H2,1-3H3,(H,18,24)/t13-/m0/s1. The van der Waals surface area contributed by atoms with Crippen LogP contribution in [-0.4, -0.2) is 45.3 Å². The van der Waals surface area contributed by atoms with Crippen molar-refractivity contribution in [1.29, 1.82) is 0 Å². The van der Waals surface area contributed by atoms with E-state index < -0.39 is 0 Å². The summed E-state index contributed by atoms with van der Waals surface area (Å²) in [4.78, 5) is 16.8. The molecule has 128 valence electrons. The zero-order chi connectivity index (χ0) is 17.1. The first-order valence-electron chi connectivity index (χ1n) is 8.30. The van der Waals surface area contributed by atoms with Crippen LogP contribution in [0.15, 0.2) is 30.6 Å². The zero-order valence-electron chi connectivity index (χ0n) is 14.4. The van der Waals surface area contributed by atoms with Gasteiger partial charge in [-0.05, 0) is 25.5 Å². The molecule has 2 aromatic rings. The molecule has 3 rings (SSSR count). The Hall–Kier alpha value is -2.57. The van der Waals surface area contributed by atoms with Gasteiger partial charge in [0.05, 0.1) is 6.54 Å². The molecule has 0 saturated heterocycles. The van der Waals surface area contributed by atoms with Crippen molar-refractivity contribution < 1.29 is 4.79 Å². The Bertz CT molecular complexity index is 713. The monoisotopic (exact) mass is 328 g/mol. The molecule has 7 heteroatoms. The lowest BCUT2D eigenvalue weighted by Crippen LogP contribution is -2.46. The molecule has 0 bridgehead atoms. The number of nitrogens with one attached hydrogen (secondary N) is 1. The third kappa shape index (κ3) is 3.20. The second-order valence-electron chi connectivity index (χ2n) is 6.18. The van der Waals surface area contributed by atoms with Gasteiger partial charge in [0.1, 0.15) is 6.33 Å². The van der Waals surface area contributed by atoms with Crippen LogP contribution in [0.1, 0.15) is 25.2 Å². The number of rotatable bonds is 3. The van der Waals surface area contributed by atoms with Gasteiger partial charge in [-0.15, -0.1) is 10.2 Å². The van der Waals surface area contributed by atoms with Crippen LogP contribution in [-0.2, 0) is 19.6 Å². The molecule has 1 atom stereocenters. The van der Waals surface area contributed by atoms with Crippen LogP contribution in [0, 0.1) is 0 Å². The fourth-order valence-electron chi connectivity index (χ4n) is 3.16. The van der Waals surface area contributed by atoms with Gasteiger partial charge in [-0.25, -0.2) is 4.79 Å². The Labute approximate surface area is 142 Å². The summed E-state index contributed by atoms with van der Waals surface area (Å²) >= 11 is 0. The number of urea groups is 1. The maximum atomic E-state index is 12.7. The molecular weight excluding hydrogens is 304 g/mol.